The van der Waals surface area contributed by atoms with Crippen molar-refractivity contribution in [3.63, 3.8) is 0 Å². The maximum absolute atomic E-state index is 12.8. The Hall–Kier alpha value is -2.71. The minimum atomic E-state index is -0.0492. The number of benzene rings is 1. The second-order valence-corrected chi connectivity index (χ2v) is 8.71. The van der Waals surface area contributed by atoms with Crippen LogP contribution in [0.3, 0.4) is 0 Å². The average molecular weight is 440 g/mol. The second-order valence-electron chi connectivity index (χ2n) is 8.71. The molecule has 1 saturated carbocycles. The minimum Gasteiger partial charge on any atom is -0.385 e. The zero-order chi connectivity index (χ0) is 22.3. The molecular formula is C24H33N5O3. The Labute approximate surface area is 189 Å². The Balaban J connectivity index is 1.28. The van der Waals surface area contributed by atoms with E-state index in [0.717, 1.165) is 56.6 Å². The number of anilines is 1. The third-order valence-electron chi connectivity index (χ3n) is 6.14. The van der Waals surface area contributed by atoms with Crippen molar-refractivity contribution in [1.82, 2.24) is 20.0 Å². The molecule has 1 aromatic heterocycles. The van der Waals surface area contributed by atoms with Crippen LogP contribution in [-0.4, -0.2) is 66.4 Å². The molecule has 2 amide bonds. The highest BCUT2D eigenvalue weighted by molar-refractivity contribution is 5.91. The maximum atomic E-state index is 12.8. The first-order valence-electron chi connectivity index (χ1n) is 11.6. The summed E-state index contributed by atoms with van der Waals surface area (Å²) in [6.45, 7) is 3.11. The van der Waals surface area contributed by atoms with Gasteiger partial charge >= 0.3 is 0 Å². The van der Waals surface area contributed by atoms with Crippen molar-refractivity contribution in [2.24, 2.45) is 5.92 Å². The monoisotopic (exact) mass is 439 g/mol. The first-order chi connectivity index (χ1) is 15.6. The lowest BCUT2D eigenvalue weighted by Gasteiger charge is -2.30. The van der Waals surface area contributed by atoms with Gasteiger partial charge in [-0.1, -0.05) is 18.2 Å². The Morgan fingerprint density at radius 3 is 2.56 bits per heavy atom. The van der Waals surface area contributed by atoms with E-state index in [1.165, 1.54) is 0 Å². The minimum absolute atomic E-state index is 0.0254. The average Bonchev–Trinajstić information content (AvgIpc) is 3.58. The molecule has 2 N–H and O–H groups in total. The van der Waals surface area contributed by atoms with Crippen molar-refractivity contribution >= 4 is 17.6 Å². The number of carbonyl (C=O) groups is 2. The third kappa shape index (κ3) is 5.95. The van der Waals surface area contributed by atoms with E-state index in [2.05, 4.69) is 15.5 Å². The van der Waals surface area contributed by atoms with Crippen LogP contribution in [0.1, 0.15) is 43.7 Å². The SMILES string of the molecule is COCCCNC(=O)C1CCN(CC(=O)Nc2cc(C3CC3)nn2-c2ccccc2)CC1. The van der Waals surface area contributed by atoms with Gasteiger partial charge < -0.3 is 15.4 Å². The van der Waals surface area contributed by atoms with Gasteiger partial charge in [0.15, 0.2) is 0 Å². The fourth-order valence-corrected chi connectivity index (χ4v) is 4.14. The van der Waals surface area contributed by atoms with Gasteiger partial charge in [-0.15, -0.1) is 0 Å². The van der Waals surface area contributed by atoms with Gasteiger partial charge in [-0.05, 0) is 57.3 Å². The fraction of sp³-hybridized carbons (Fsp3) is 0.542. The molecule has 0 atom stereocenters. The lowest BCUT2D eigenvalue weighted by molar-refractivity contribution is -0.126. The van der Waals surface area contributed by atoms with Crippen molar-refractivity contribution in [3.8, 4) is 5.69 Å². The summed E-state index contributed by atoms with van der Waals surface area (Å²) in [7, 11) is 1.66. The topological polar surface area (TPSA) is 88.5 Å². The number of para-hydroxylation sites is 1. The number of aromatic nitrogens is 2. The molecule has 0 unspecified atom stereocenters. The summed E-state index contributed by atoms with van der Waals surface area (Å²) in [6.07, 6.45) is 4.69. The highest BCUT2D eigenvalue weighted by Gasteiger charge is 2.29. The molecule has 8 nitrogen and oxygen atoms in total. The molecule has 1 saturated heterocycles. The summed E-state index contributed by atoms with van der Waals surface area (Å²) in [5.74, 6) is 1.32. The number of hydrogen-bond donors (Lipinski definition) is 2. The van der Waals surface area contributed by atoms with Gasteiger partial charge in [-0.2, -0.15) is 5.10 Å². The van der Waals surface area contributed by atoms with Gasteiger partial charge in [-0.25, -0.2) is 4.68 Å². The van der Waals surface area contributed by atoms with Gasteiger partial charge in [0.25, 0.3) is 0 Å². The Morgan fingerprint density at radius 1 is 1.12 bits per heavy atom. The number of nitrogens with zero attached hydrogens (tertiary/aromatic N) is 3. The Bertz CT molecular complexity index is 902. The van der Waals surface area contributed by atoms with Gasteiger partial charge in [0, 0.05) is 38.2 Å². The molecular weight excluding hydrogens is 406 g/mol. The quantitative estimate of drug-likeness (QED) is 0.556. The van der Waals surface area contributed by atoms with Crippen molar-refractivity contribution < 1.29 is 14.3 Å². The summed E-state index contributed by atoms with van der Waals surface area (Å²) in [6, 6.07) is 11.9. The normalized spacial score (nSPS) is 17.3. The van der Waals surface area contributed by atoms with Gasteiger partial charge in [0.1, 0.15) is 5.82 Å². The predicted octanol–water partition coefficient (Wildman–Crippen LogP) is 2.55. The molecule has 8 heteroatoms. The summed E-state index contributed by atoms with van der Waals surface area (Å²) in [5, 5.41) is 10.8. The Kier molecular flexibility index (Phi) is 7.55. The van der Waals surface area contributed by atoms with Crippen LogP contribution < -0.4 is 10.6 Å². The second kappa shape index (κ2) is 10.7. The number of piperidine rings is 1. The van der Waals surface area contributed by atoms with Crippen LogP contribution in [0, 0.1) is 5.92 Å². The lowest BCUT2D eigenvalue weighted by Crippen LogP contribution is -2.43. The van der Waals surface area contributed by atoms with E-state index in [1.807, 2.05) is 41.1 Å². The third-order valence-corrected chi connectivity index (χ3v) is 6.14. The number of ether oxygens (including phenoxy) is 1. The lowest BCUT2D eigenvalue weighted by atomic mass is 9.96. The first kappa shape index (κ1) is 22.5. The molecule has 2 aliphatic rings. The van der Waals surface area contributed by atoms with Gasteiger partial charge in [-0.3, -0.25) is 14.5 Å². The van der Waals surface area contributed by atoms with Crippen LogP contribution >= 0.6 is 0 Å². The highest BCUT2D eigenvalue weighted by atomic mass is 16.5. The molecule has 32 heavy (non-hydrogen) atoms. The summed E-state index contributed by atoms with van der Waals surface area (Å²) in [5.41, 5.74) is 1.98. The number of methoxy groups -OCH3 is 1. The predicted molar refractivity (Wildman–Crippen MR) is 123 cm³/mol. The van der Waals surface area contributed by atoms with E-state index < -0.39 is 0 Å². The summed E-state index contributed by atoms with van der Waals surface area (Å²) < 4.78 is 6.83. The fourth-order valence-electron chi connectivity index (χ4n) is 4.14. The summed E-state index contributed by atoms with van der Waals surface area (Å²) in [4.78, 5) is 27.2. The van der Waals surface area contributed by atoms with E-state index in [1.54, 1.807) is 7.11 Å². The van der Waals surface area contributed by atoms with E-state index in [9.17, 15) is 9.59 Å². The number of nitrogens with one attached hydrogen (secondary N) is 2. The number of rotatable bonds is 10. The first-order valence-corrected chi connectivity index (χ1v) is 11.6. The van der Waals surface area contributed by atoms with E-state index in [-0.39, 0.29) is 17.7 Å². The molecule has 4 rings (SSSR count). The molecule has 0 radical (unpaired) electrons. The van der Waals surface area contributed by atoms with Crippen LogP contribution in [0.25, 0.3) is 5.69 Å². The molecule has 2 aromatic rings. The smallest absolute Gasteiger partial charge is 0.239 e. The number of likely N-dealkylation sites (tertiary alicyclic amines) is 1. The molecule has 2 heterocycles. The molecule has 0 spiro atoms. The molecule has 1 aromatic carbocycles. The van der Waals surface area contributed by atoms with Crippen LogP contribution in [0.5, 0.6) is 0 Å². The van der Waals surface area contributed by atoms with Crippen molar-refractivity contribution in [2.45, 2.75) is 38.0 Å². The van der Waals surface area contributed by atoms with E-state index in [0.29, 0.717) is 31.4 Å². The van der Waals surface area contributed by atoms with Crippen LogP contribution in [0.4, 0.5) is 5.82 Å². The standard InChI is InChI=1S/C24H33N5O3/c1-32-15-5-12-25-24(31)19-10-13-28(14-11-19)17-23(30)26-22-16-21(18-8-9-18)27-29(22)20-6-3-2-4-7-20/h2-4,6-7,16,18-19H,5,8-15,17H2,1H3,(H,25,31)(H,26,30). The largest absolute Gasteiger partial charge is 0.385 e. The van der Waals surface area contributed by atoms with Crippen LogP contribution in [0.2, 0.25) is 0 Å². The number of amides is 2. The van der Waals surface area contributed by atoms with E-state index >= 15 is 0 Å². The summed E-state index contributed by atoms with van der Waals surface area (Å²) >= 11 is 0. The molecule has 0 bridgehead atoms. The van der Waals surface area contributed by atoms with Crippen molar-refractivity contribution in [1.29, 1.82) is 0 Å². The zero-order valence-corrected chi connectivity index (χ0v) is 18.8. The Morgan fingerprint density at radius 2 is 1.88 bits per heavy atom. The molecule has 1 aliphatic heterocycles. The molecule has 1 aliphatic carbocycles. The van der Waals surface area contributed by atoms with Crippen molar-refractivity contribution in [2.75, 3.05) is 45.2 Å². The number of carbonyl (C=O) groups excluding carboxylic acids is 2. The van der Waals surface area contributed by atoms with Crippen molar-refractivity contribution in [3.05, 3.63) is 42.1 Å². The molecule has 172 valence electrons. The van der Waals surface area contributed by atoms with E-state index in [4.69, 9.17) is 9.84 Å². The van der Waals surface area contributed by atoms with Gasteiger partial charge in [0.05, 0.1) is 17.9 Å². The zero-order valence-electron chi connectivity index (χ0n) is 18.8. The molecule has 2 fully saturated rings. The van der Waals surface area contributed by atoms with Crippen LogP contribution in [0.15, 0.2) is 36.4 Å². The van der Waals surface area contributed by atoms with Crippen LogP contribution in [-0.2, 0) is 14.3 Å². The van der Waals surface area contributed by atoms with Gasteiger partial charge in [0.2, 0.25) is 11.8 Å². The maximum Gasteiger partial charge on any atom is 0.239 e. The highest BCUT2D eigenvalue weighted by Crippen LogP contribution is 2.40. The number of hydrogen-bond acceptors (Lipinski definition) is 5.